The van der Waals surface area contributed by atoms with Crippen LogP contribution in [-0.2, 0) is 17.8 Å². The van der Waals surface area contributed by atoms with Crippen molar-refractivity contribution in [2.24, 2.45) is 5.92 Å². The highest BCUT2D eigenvalue weighted by atomic mass is 19.1. The first-order valence-electron chi connectivity index (χ1n) is 11.4. The van der Waals surface area contributed by atoms with Crippen LogP contribution < -0.4 is 0 Å². The van der Waals surface area contributed by atoms with Gasteiger partial charge in [0.15, 0.2) is 0 Å². The first-order valence-corrected chi connectivity index (χ1v) is 11.4. The second-order valence-corrected chi connectivity index (χ2v) is 8.92. The van der Waals surface area contributed by atoms with Crippen LogP contribution in [0.1, 0.15) is 35.6 Å². The molecule has 0 radical (unpaired) electrons. The van der Waals surface area contributed by atoms with E-state index in [-0.39, 0.29) is 11.6 Å². The monoisotopic (exact) mass is 449 g/mol. The van der Waals surface area contributed by atoms with Gasteiger partial charge in [-0.25, -0.2) is 8.78 Å². The molecule has 0 aromatic heterocycles. The highest BCUT2D eigenvalue weighted by molar-refractivity contribution is 5.77. The minimum atomic E-state index is -0.803. The summed E-state index contributed by atoms with van der Waals surface area (Å²) in [6, 6.07) is 14.4. The van der Waals surface area contributed by atoms with E-state index in [4.69, 9.17) is 0 Å². The van der Waals surface area contributed by atoms with Crippen molar-refractivity contribution in [3.8, 4) is 22.3 Å². The van der Waals surface area contributed by atoms with E-state index < -0.39 is 11.9 Å². The molecule has 1 N–H and O–H groups in total. The summed E-state index contributed by atoms with van der Waals surface area (Å²) in [7, 11) is 0. The Hall–Kier alpha value is -3.05. The number of carbonyl (C=O) groups is 1. The summed E-state index contributed by atoms with van der Waals surface area (Å²) in [6.45, 7) is 7.36. The lowest BCUT2D eigenvalue weighted by atomic mass is 9.92. The van der Waals surface area contributed by atoms with Gasteiger partial charge in [0.25, 0.3) is 0 Å². The average Bonchev–Trinajstić information content (AvgIpc) is 3.26. The van der Waals surface area contributed by atoms with Crippen molar-refractivity contribution in [3.05, 3.63) is 82.4 Å². The Morgan fingerprint density at radius 2 is 1.76 bits per heavy atom. The zero-order valence-electron chi connectivity index (χ0n) is 19.3. The third kappa shape index (κ3) is 4.55. The maximum Gasteiger partial charge on any atom is 0.307 e. The van der Waals surface area contributed by atoms with Crippen molar-refractivity contribution < 1.29 is 18.7 Å². The normalized spacial score (nSPS) is 16.3. The summed E-state index contributed by atoms with van der Waals surface area (Å²) in [4.78, 5) is 13.2. The molecule has 3 aromatic carbocycles. The number of aryl methyl sites for hydroxylation is 2. The lowest BCUT2D eigenvalue weighted by molar-refractivity contribution is -0.141. The fraction of sp³-hybridized carbons (Fsp3) is 0.321. The summed E-state index contributed by atoms with van der Waals surface area (Å²) in [5.74, 6) is -1.94. The van der Waals surface area contributed by atoms with Crippen LogP contribution in [0.3, 0.4) is 0 Å². The van der Waals surface area contributed by atoms with Gasteiger partial charge in [0.2, 0.25) is 0 Å². The number of carboxylic acids is 1. The molecule has 0 bridgehead atoms. The molecule has 0 amide bonds. The summed E-state index contributed by atoms with van der Waals surface area (Å²) in [5.41, 5.74) is 5.74. The van der Waals surface area contributed by atoms with Crippen molar-refractivity contribution in [1.82, 2.24) is 4.90 Å². The fourth-order valence-corrected chi connectivity index (χ4v) is 4.75. The van der Waals surface area contributed by atoms with Crippen LogP contribution in [0, 0.1) is 31.4 Å². The van der Waals surface area contributed by atoms with E-state index in [9.17, 15) is 9.90 Å². The molecular formula is C28H29F2NO2. The summed E-state index contributed by atoms with van der Waals surface area (Å²) in [5, 5.41) is 9.24. The second kappa shape index (κ2) is 9.44. The van der Waals surface area contributed by atoms with Crippen LogP contribution in [0.4, 0.5) is 8.78 Å². The minimum Gasteiger partial charge on any atom is -0.481 e. The number of halogens is 2. The zero-order chi connectivity index (χ0) is 23.7. The average molecular weight is 450 g/mol. The van der Waals surface area contributed by atoms with E-state index in [1.54, 1.807) is 12.1 Å². The van der Waals surface area contributed by atoms with Crippen LogP contribution in [0.25, 0.3) is 22.3 Å². The van der Waals surface area contributed by atoms with Gasteiger partial charge >= 0.3 is 5.97 Å². The molecule has 5 heteroatoms. The van der Waals surface area contributed by atoms with E-state index in [1.807, 2.05) is 56.0 Å². The number of rotatable bonds is 6. The van der Waals surface area contributed by atoms with Gasteiger partial charge in [-0.3, -0.25) is 9.69 Å². The van der Waals surface area contributed by atoms with Gasteiger partial charge in [0.05, 0.1) is 5.92 Å². The van der Waals surface area contributed by atoms with Gasteiger partial charge < -0.3 is 5.11 Å². The van der Waals surface area contributed by atoms with Crippen LogP contribution in [0.15, 0.2) is 48.5 Å². The molecule has 1 aliphatic heterocycles. The number of nitrogens with zero attached hydrogens (tertiary/aromatic N) is 1. The molecular weight excluding hydrogens is 420 g/mol. The van der Waals surface area contributed by atoms with Gasteiger partial charge in [0, 0.05) is 29.8 Å². The molecule has 1 fully saturated rings. The molecule has 1 atom stereocenters. The Labute approximate surface area is 193 Å². The van der Waals surface area contributed by atoms with Gasteiger partial charge in [-0.05, 0) is 67.1 Å². The molecule has 33 heavy (non-hydrogen) atoms. The minimum absolute atomic E-state index is 0.357. The Morgan fingerprint density at radius 1 is 1.06 bits per heavy atom. The zero-order valence-corrected chi connectivity index (χ0v) is 19.3. The lowest BCUT2D eigenvalue weighted by Crippen LogP contribution is -2.24. The van der Waals surface area contributed by atoms with E-state index in [0.717, 1.165) is 22.3 Å². The molecule has 4 rings (SSSR count). The van der Waals surface area contributed by atoms with Crippen molar-refractivity contribution in [3.63, 3.8) is 0 Å². The van der Waals surface area contributed by atoms with E-state index in [0.29, 0.717) is 54.7 Å². The van der Waals surface area contributed by atoms with Crippen LogP contribution >= 0.6 is 0 Å². The first kappa shape index (κ1) is 23.1. The number of likely N-dealkylation sites (tertiary alicyclic amines) is 1. The van der Waals surface area contributed by atoms with Crippen LogP contribution in [0.5, 0.6) is 0 Å². The van der Waals surface area contributed by atoms with E-state index in [1.165, 1.54) is 6.07 Å². The molecule has 1 saturated heterocycles. The van der Waals surface area contributed by atoms with Gasteiger partial charge in [-0.2, -0.15) is 0 Å². The largest absolute Gasteiger partial charge is 0.481 e. The predicted molar refractivity (Wildman–Crippen MR) is 127 cm³/mol. The number of benzene rings is 3. The van der Waals surface area contributed by atoms with Crippen molar-refractivity contribution in [1.29, 1.82) is 0 Å². The quantitative estimate of drug-likeness (QED) is 0.474. The first-order chi connectivity index (χ1) is 15.8. The standard InChI is InChI=1S/C28H29F2NO2/c1-4-19-13-21(14-26(29)25(19)16-31-12-11-20(15-31)28(32)33)23-9-6-10-24(27(23)30)22-8-5-7-17(2)18(22)3/h5-10,13-14,20H,4,11-12,15-16H2,1-3H3,(H,32,33)/t20-/m1/s1. The molecule has 0 saturated carbocycles. The third-order valence-corrected chi connectivity index (χ3v) is 6.88. The molecule has 0 aliphatic carbocycles. The highest BCUT2D eigenvalue weighted by Gasteiger charge is 2.29. The topological polar surface area (TPSA) is 40.5 Å². The van der Waals surface area contributed by atoms with Crippen molar-refractivity contribution >= 4 is 5.97 Å². The molecule has 3 aromatic rings. The maximum absolute atomic E-state index is 15.7. The summed E-state index contributed by atoms with van der Waals surface area (Å²) in [6.07, 6.45) is 1.18. The predicted octanol–water partition coefficient (Wildman–Crippen LogP) is 6.38. The molecule has 0 unspecified atom stereocenters. The van der Waals surface area contributed by atoms with Gasteiger partial charge in [0.1, 0.15) is 11.6 Å². The lowest BCUT2D eigenvalue weighted by Gasteiger charge is -2.20. The van der Waals surface area contributed by atoms with Crippen molar-refractivity contribution in [2.45, 2.75) is 40.2 Å². The number of aliphatic carboxylic acids is 1. The summed E-state index contributed by atoms with van der Waals surface area (Å²) < 4.78 is 31.0. The van der Waals surface area contributed by atoms with Crippen molar-refractivity contribution in [2.75, 3.05) is 13.1 Å². The van der Waals surface area contributed by atoms with Crippen LogP contribution in [-0.4, -0.2) is 29.1 Å². The maximum atomic E-state index is 15.7. The Kier molecular flexibility index (Phi) is 6.61. The number of hydrogen-bond acceptors (Lipinski definition) is 2. The van der Waals surface area contributed by atoms with Crippen LogP contribution in [0.2, 0.25) is 0 Å². The Bertz CT molecular complexity index is 1200. The molecule has 172 valence electrons. The third-order valence-electron chi connectivity index (χ3n) is 6.88. The molecule has 1 aliphatic rings. The molecule has 3 nitrogen and oxygen atoms in total. The Morgan fingerprint density at radius 3 is 2.45 bits per heavy atom. The SMILES string of the molecule is CCc1cc(-c2cccc(-c3cccc(C)c3C)c2F)cc(F)c1CN1CC[C@@H](C(=O)O)C1. The van der Waals surface area contributed by atoms with E-state index >= 15 is 8.78 Å². The van der Waals surface area contributed by atoms with E-state index in [2.05, 4.69) is 0 Å². The molecule has 1 heterocycles. The number of carboxylic acid groups (broad SMARTS) is 1. The summed E-state index contributed by atoms with van der Waals surface area (Å²) >= 11 is 0. The fourth-order valence-electron chi connectivity index (χ4n) is 4.75. The second-order valence-electron chi connectivity index (χ2n) is 8.92. The smallest absolute Gasteiger partial charge is 0.307 e. The van der Waals surface area contributed by atoms with Gasteiger partial charge in [-0.15, -0.1) is 0 Å². The Balaban J connectivity index is 1.70. The number of hydrogen-bond donors (Lipinski definition) is 1. The highest BCUT2D eigenvalue weighted by Crippen LogP contribution is 2.35. The van der Waals surface area contributed by atoms with Gasteiger partial charge in [-0.1, -0.05) is 49.4 Å². The molecule has 0 spiro atoms.